The lowest BCUT2D eigenvalue weighted by molar-refractivity contribution is -0.0214. The molecule has 39 heavy (non-hydrogen) atoms. The first kappa shape index (κ1) is 35.7. The lowest BCUT2D eigenvalue weighted by Crippen LogP contribution is -2.15. The number of ether oxygens (including phenoxy) is 8. The van der Waals surface area contributed by atoms with Crippen molar-refractivity contribution in [1.82, 2.24) is 0 Å². The number of halogens is 1. The van der Waals surface area contributed by atoms with Gasteiger partial charge in [0.2, 0.25) is 0 Å². The molecule has 0 heterocycles. The van der Waals surface area contributed by atoms with E-state index >= 15 is 0 Å². The van der Waals surface area contributed by atoms with Gasteiger partial charge in [-0.25, -0.2) is 4.39 Å². The van der Waals surface area contributed by atoms with Crippen LogP contribution in [0.4, 0.5) is 4.39 Å². The largest absolute Gasteiger partial charge is 0.491 e. The van der Waals surface area contributed by atoms with E-state index in [9.17, 15) is 4.39 Å². The molecule has 0 aliphatic rings. The van der Waals surface area contributed by atoms with Gasteiger partial charge in [0.25, 0.3) is 0 Å². The number of aryl methyl sites for hydroxylation is 1. The molecule has 0 unspecified atom stereocenters. The molecule has 0 atom stereocenters. The van der Waals surface area contributed by atoms with Gasteiger partial charge in [0.1, 0.15) is 19.0 Å². The van der Waals surface area contributed by atoms with Gasteiger partial charge < -0.3 is 37.9 Å². The van der Waals surface area contributed by atoms with Gasteiger partial charge in [-0.3, -0.25) is 0 Å². The Bertz CT molecular complexity index is 605. The molecule has 0 spiro atoms. The van der Waals surface area contributed by atoms with Gasteiger partial charge in [-0.15, -0.1) is 0 Å². The van der Waals surface area contributed by atoms with E-state index in [0.29, 0.717) is 92.5 Å². The molecular formula is C30H53FO8. The van der Waals surface area contributed by atoms with E-state index in [1.165, 1.54) is 44.1 Å². The smallest absolute Gasteiger partial charge is 0.119 e. The summed E-state index contributed by atoms with van der Waals surface area (Å²) in [4.78, 5) is 0. The van der Waals surface area contributed by atoms with Crippen molar-refractivity contribution in [3.8, 4) is 5.75 Å². The summed E-state index contributed by atoms with van der Waals surface area (Å²) in [5, 5.41) is 0. The maximum atomic E-state index is 11.8. The summed E-state index contributed by atoms with van der Waals surface area (Å²) in [7, 11) is 0. The van der Waals surface area contributed by atoms with Crippen LogP contribution in [0.15, 0.2) is 24.3 Å². The Balaban J connectivity index is 1.75. The van der Waals surface area contributed by atoms with E-state index < -0.39 is 6.67 Å². The fourth-order valence-corrected chi connectivity index (χ4v) is 3.56. The van der Waals surface area contributed by atoms with Crippen LogP contribution in [0.2, 0.25) is 0 Å². The fourth-order valence-electron chi connectivity index (χ4n) is 3.56. The summed E-state index contributed by atoms with van der Waals surface area (Å²) in [6, 6.07) is 8.42. The molecule has 0 saturated heterocycles. The Kier molecular flexibility index (Phi) is 27.1. The highest BCUT2D eigenvalue weighted by atomic mass is 19.1. The second kappa shape index (κ2) is 29.6. The SMILES string of the molecule is CCCCCCCCc1ccc(OCCOCCOCCOCCOCCOCCOCCOCCF)cc1. The Morgan fingerprint density at radius 2 is 0.846 bits per heavy atom. The molecule has 0 fully saturated rings. The van der Waals surface area contributed by atoms with Crippen molar-refractivity contribution >= 4 is 0 Å². The second-order valence-corrected chi connectivity index (χ2v) is 8.99. The third kappa shape index (κ3) is 25.4. The number of benzene rings is 1. The molecule has 0 aliphatic heterocycles. The molecule has 0 radical (unpaired) electrons. The van der Waals surface area contributed by atoms with Crippen LogP contribution in [0.1, 0.15) is 51.0 Å². The van der Waals surface area contributed by atoms with Crippen molar-refractivity contribution in [3.05, 3.63) is 29.8 Å². The van der Waals surface area contributed by atoms with Crippen LogP contribution < -0.4 is 4.74 Å². The summed E-state index contributed by atoms with van der Waals surface area (Å²) in [5.74, 6) is 0.884. The summed E-state index contributed by atoms with van der Waals surface area (Å²) >= 11 is 0. The molecule has 0 amide bonds. The number of unbranched alkanes of at least 4 members (excludes halogenated alkanes) is 5. The normalized spacial score (nSPS) is 11.3. The van der Waals surface area contributed by atoms with E-state index in [-0.39, 0.29) is 6.61 Å². The van der Waals surface area contributed by atoms with Crippen LogP contribution in [0, 0.1) is 0 Å². The Morgan fingerprint density at radius 3 is 1.28 bits per heavy atom. The zero-order valence-electron chi connectivity index (χ0n) is 24.2. The van der Waals surface area contributed by atoms with Gasteiger partial charge in [0, 0.05) is 0 Å². The molecule has 0 bridgehead atoms. The standard InChI is InChI=1S/C30H53FO8/c1-2-3-4-5-6-7-8-29-9-11-30(12-10-29)39-28-27-38-26-25-37-24-23-36-22-21-35-20-19-34-18-17-33-16-15-32-14-13-31/h9-12H,2-8,13-28H2,1H3. The maximum absolute atomic E-state index is 11.8. The van der Waals surface area contributed by atoms with Crippen molar-refractivity contribution in [1.29, 1.82) is 0 Å². The molecule has 9 heteroatoms. The number of alkyl halides is 1. The minimum absolute atomic E-state index is 0.120. The van der Waals surface area contributed by atoms with Gasteiger partial charge in [-0.1, -0.05) is 51.2 Å². The van der Waals surface area contributed by atoms with Crippen LogP contribution in [0.5, 0.6) is 5.75 Å². The van der Waals surface area contributed by atoms with E-state index in [2.05, 4.69) is 19.1 Å². The average molecular weight is 561 g/mol. The first-order chi connectivity index (χ1) is 19.4. The highest BCUT2D eigenvalue weighted by Gasteiger charge is 1.98. The minimum Gasteiger partial charge on any atom is -0.491 e. The molecule has 1 aromatic carbocycles. The van der Waals surface area contributed by atoms with Gasteiger partial charge in [0.05, 0.1) is 92.5 Å². The van der Waals surface area contributed by atoms with Gasteiger partial charge in [-0.2, -0.15) is 0 Å². The van der Waals surface area contributed by atoms with Gasteiger partial charge >= 0.3 is 0 Å². The maximum Gasteiger partial charge on any atom is 0.119 e. The summed E-state index contributed by atoms with van der Waals surface area (Å²) in [6.07, 6.45) is 9.09. The second-order valence-electron chi connectivity index (χ2n) is 8.99. The van der Waals surface area contributed by atoms with E-state index in [0.717, 1.165) is 12.2 Å². The van der Waals surface area contributed by atoms with Crippen molar-refractivity contribution in [2.75, 3.05) is 106 Å². The molecule has 0 aromatic heterocycles. The zero-order valence-corrected chi connectivity index (χ0v) is 24.2. The monoisotopic (exact) mass is 560 g/mol. The van der Waals surface area contributed by atoms with Crippen molar-refractivity contribution < 1.29 is 42.3 Å². The molecule has 1 aromatic rings. The van der Waals surface area contributed by atoms with Crippen molar-refractivity contribution in [3.63, 3.8) is 0 Å². The van der Waals surface area contributed by atoms with Crippen molar-refractivity contribution in [2.45, 2.75) is 51.9 Å². The predicted molar refractivity (Wildman–Crippen MR) is 151 cm³/mol. The topological polar surface area (TPSA) is 73.8 Å². The predicted octanol–water partition coefficient (Wildman–Crippen LogP) is 5.05. The lowest BCUT2D eigenvalue weighted by atomic mass is 10.0. The minimum atomic E-state index is -0.468. The highest BCUT2D eigenvalue weighted by molar-refractivity contribution is 5.27. The number of hydrogen-bond donors (Lipinski definition) is 0. The van der Waals surface area contributed by atoms with Gasteiger partial charge in [0.15, 0.2) is 0 Å². The first-order valence-corrected chi connectivity index (χ1v) is 14.7. The summed E-state index contributed by atoms with van der Waals surface area (Å²) < 4.78 is 55.2. The van der Waals surface area contributed by atoms with Crippen LogP contribution >= 0.6 is 0 Å². The molecule has 1 rings (SSSR count). The van der Waals surface area contributed by atoms with E-state index in [1.54, 1.807) is 0 Å². The number of hydrogen-bond acceptors (Lipinski definition) is 8. The zero-order chi connectivity index (χ0) is 27.9. The van der Waals surface area contributed by atoms with Crippen LogP contribution in [-0.2, 0) is 39.6 Å². The third-order valence-electron chi connectivity index (χ3n) is 5.69. The molecule has 0 N–H and O–H groups in total. The molecule has 0 aliphatic carbocycles. The Hall–Kier alpha value is -1.33. The van der Waals surface area contributed by atoms with Crippen LogP contribution in [-0.4, -0.2) is 106 Å². The van der Waals surface area contributed by atoms with E-state index in [4.69, 9.17) is 37.9 Å². The van der Waals surface area contributed by atoms with E-state index in [1.807, 2.05) is 12.1 Å². The van der Waals surface area contributed by atoms with Gasteiger partial charge in [-0.05, 0) is 30.5 Å². The molecule has 0 saturated carbocycles. The fraction of sp³-hybridized carbons (Fsp3) is 0.800. The summed E-state index contributed by atoms with van der Waals surface area (Å²) in [6.45, 7) is 8.90. The third-order valence-corrected chi connectivity index (χ3v) is 5.69. The Labute approximate surface area is 235 Å². The molecule has 228 valence electrons. The van der Waals surface area contributed by atoms with Crippen molar-refractivity contribution in [2.24, 2.45) is 0 Å². The molecule has 8 nitrogen and oxygen atoms in total. The average Bonchev–Trinajstić information content (AvgIpc) is 2.96. The Morgan fingerprint density at radius 1 is 0.462 bits per heavy atom. The summed E-state index contributed by atoms with van der Waals surface area (Å²) in [5.41, 5.74) is 1.38. The first-order valence-electron chi connectivity index (χ1n) is 14.7. The molecular weight excluding hydrogens is 507 g/mol. The van der Waals surface area contributed by atoms with Crippen LogP contribution in [0.3, 0.4) is 0 Å². The highest BCUT2D eigenvalue weighted by Crippen LogP contribution is 2.15. The van der Waals surface area contributed by atoms with Crippen LogP contribution in [0.25, 0.3) is 0 Å². The quantitative estimate of drug-likeness (QED) is 0.117. The number of rotatable bonds is 31. The lowest BCUT2D eigenvalue weighted by Gasteiger charge is -2.09.